The number of pyridine rings is 3. The molecule has 0 amide bonds. The summed E-state index contributed by atoms with van der Waals surface area (Å²) in [5.74, 6) is 0. The first kappa shape index (κ1) is 75.4. The molecule has 0 fully saturated rings. The van der Waals surface area contributed by atoms with Crippen LogP contribution in [0.1, 0.15) is 0 Å². The zero-order chi connectivity index (χ0) is 85.7. The molecule has 0 spiro atoms. The number of hydrogen-bond donors (Lipinski definition) is 0. The Hall–Kier alpha value is -17.4. The van der Waals surface area contributed by atoms with Gasteiger partial charge in [0.05, 0.1) is 33.1 Å². The molecule has 602 valence electrons. The van der Waals surface area contributed by atoms with E-state index in [9.17, 15) is 14.4 Å². The minimum Gasteiger partial charge on any atom is -0.268 e. The highest BCUT2D eigenvalue weighted by molar-refractivity contribution is 6.24. The fourth-order valence-electron chi connectivity index (χ4n) is 20.0. The van der Waals surface area contributed by atoms with Gasteiger partial charge in [0.15, 0.2) is 0 Å². The van der Waals surface area contributed by atoms with E-state index in [1.807, 2.05) is 136 Å². The van der Waals surface area contributed by atoms with Crippen molar-refractivity contribution in [3.8, 4) is 122 Å². The Morgan fingerprint density at radius 2 is 0.419 bits per heavy atom. The number of nitrogens with zero attached hydrogens (tertiary/aromatic N) is 6. The fourth-order valence-corrected chi connectivity index (χ4v) is 20.0. The van der Waals surface area contributed by atoms with E-state index in [0.29, 0.717) is 33.1 Å². The number of aromatic nitrogens is 6. The third kappa shape index (κ3) is 12.5. The van der Waals surface area contributed by atoms with Crippen molar-refractivity contribution in [2.45, 2.75) is 0 Å². The van der Waals surface area contributed by atoms with Crippen molar-refractivity contribution in [3.05, 3.63) is 480 Å². The molecule has 0 bridgehead atoms. The lowest BCUT2D eigenvalue weighted by Gasteiger charge is -2.17. The summed E-state index contributed by atoms with van der Waals surface area (Å²) < 4.78 is 5.47. The smallest absolute Gasteiger partial charge is 0.264 e. The zero-order valence-corrected chi connectivity index (χ0v) is 69.6. The molecule has 26 rings (SSSR count). The molecule has 0 N–H and O–H groups in total. The van der Waals surface area contributed by atoms with Gasteiger partial charge in [-0.2, -0.15) is 0 Å². The van der Waals surface area contributed by atoms with Crippen LogP contribution in [0.4, 0.5) is 0 Å². The standard InChI is InChI=1S/2C42H26N2O.C36H22N2O/c45-42-34-23-13-22-32-31(27-14-5-1-6-15-27)24-25-33(39(32)34)41-43-40-36(44(41)42)26-35(28-16-7-2-8-17-28)37(29-18-9-3-10-19-29)38(40)30-20-11-4-12-21-30;45-42-34-25-24-31(27-14-5-1-6-15-27)32-22-13-23-33(39(32)34)41-43-40-36(44(41)42)26-35(28-16-7-2-8-17-28)37(29-18-9-3-10-19-29)38(40)30-20-11-4-12-21-30;39-36-31-22-26(23-11-4-1-5-12-23)21-30-27(24-13-6-2-7-14-24)19-20-29(33(30)31)35-37-34-28(25-15-8-3-9-16-25)17-10-18-32(34)38(35)36/h2*1-26H;1-22H. The molecule has 9 heteroatoms. The van der Waals surface area contributed by atoms with E-state index in [0.717, 1.165) is 204 Å². The molecule has 0 radical (unpaired) electrons. The third-order valence-corrected chi connectivity index (χ3v) is 25.7. The van der Waals surface area contributed by atoms with E-state index in [4.69, 9.17) is 15.0 Å². The van der Waals surface area contributed by atoms with Gasteiger partial charge in [0.1, 0.15) is 16.9 Å². The summed E-state index contributed by atoms with van der Waals surface area (Å²) in [5, 5.41) is 11.1. The molecule has 6 heterocycles. The minimum atomic E-state index is -0.0544. The zero-order valence-electron chi connectivity index (χ0n) is 69.6. The highest BCUT2D eigenvalue weighted by atomic mass is 16.1. The van der Waals surface area contributed by atoms with Gasteiger partial charge in [0, 0.05) is 65.2 Å². The summed E-state index contributed by atoms with van der Waals surface area (Å²) in [6.45, 7) is 0. The van der Waals surface area contributed by atoms with Gasteiger partial charge in [-0.15, -0.1) is 0 Å². The second-order valence-electron chi connectivity index (χ2n) is 32.9. The molecule has 20 aromatic carbocycles. The van der Waals surface area contributed by atoms with Crippen LogP contribution in [0.15, 0.2) is 463 Å². The second-order valence-corrected chi connectivity index (χ2v) is 32.9. The summed E-state index contributed by atoms with van der Waals surface area (Å²) in [6.07, 6.45) is 0. The first-order valence-corrected chi connectivity index (χ1v) is 43.5. The minimum absolute atomic E-state index is 0.0433. The van der Waals surface area contributed by atoms with Crippen molar-refractivity contribution in [3.63, 3.8) is 0 Å². The normalized spacial score (nSPS) is 11.7. The van der Waals surface area contributed by atoms with Crippen LogP contribution in [0.2, 0.25) is 0 Å². The van der Waals surface area contributed by atoms with E-state index >= 15 is 0 Å². The third-order valence-electron chi connectivity index (χ3n) is 25.7. The molecule has 9 nitrogen and oxygen atoms in total. The Labute approximate surface area is 740 Å². The summed E-state index contributed by atoms with van der Waals surface area (Å²) in [5.41, 5.74) is 30.6. The van der Waals surface area contributed by atoms with Crippen LogP contribution in [0.25, 0.3) is 237 Å². The van der Waals surface area contributed by atoms with Gasteiger partial charge >= 0.3 is 0 Å². The average molecular weight is 1650 g/mol. The lowest BCUT2D eigenvalue weighted by molar-refractivity contribution is 1.19. The predicted octanol–water partition coefficient (Wildman–Crippen LogP) is 29.1. The summed E-state index contributed by atoms with van der Waals surface area (Å²) >= 11 is 0. The number of fused-ring (bicyclic) bond motifs is 12. The van der Waals surface area contributed by atoms with Gasteiger partial charge < -0.3 is 0 Å². The molecule has 129 heavy (non-hydrogen) atoms. The molecule has 6 aromatic heterocycles. The van der Waals surface area contributed by atoms with E-state index in [-0.39, 0.29) is 16.7 Å². The molecule has 0 aliphatic carbocycles. The lowest BCUT2D eigenvalue weighted by Crippen LogP contribution is -2.13. The molecular formula is C120H74N6O3. The van der Waals surface area contributed by atoms with Crippen LogP contribution in [-0.2, 0) is 0 Å². The van der Waals surface area contributed by atoms with Crippen LogP contribution < -0.4 is 16.7 Å². The van der Waals surface area contributed by atoms with Crippen LogP contribution in [0.3, 0.4) is 0 Å². The summed E-state index contributed by atoms with van der Waals surface area (Å²) in [7, 11) is 0. The molecule has 0 aliphatic heterocycles. The van der Waals surface area contributed by atoms with Crippen molar-refractivity contribution in [1.29, 1.82) is 0 Å². The van der Waals surface area contributed by atoms with Crippen LogP contribution in [0.5, 0.6) is 0 Å². The highest BCUT2D eigenvalue weighted by Gasteiger charge is 2.29. The SMILES string of the molecule is O=c1c2cc(-c3ccccc3)cc3c(-c4ccccc4)ccc(c32)c2nc3c(-c4ccccc4)cccc3n12.O=c1c2ccc(-c3ccccc3)c3cccc(c32)c2nc3c(-c4ccccc4)c(-c4ccccc4)c(-c4ccccc4)cc3n12.O=c1c2cccc3c(-c4ccccc4)ccc(c32)c2nc3c(-c4ccccc4)c(-c4ccccc4)c(-c4ccccc4)cc3n12. The molecular weight excluding hydrogens is 1570 g/mol. The van der Waals surface area contributed by atoms with Gasteiger partial charge in [0.25, 0.3) is 16.7 Å². The quantitative estimate of drug-likeness (QED) is 0.128. The van der Waals surface area contributed by atoms with Crippen LogP contribution >= 0.6 is 0 Å². The van der Waals surface area contributed by atoms with Gasteiger partial charge in [-0.3, -0.25) is 27.6 Å². The van der Waals surface area contributed by atoms with Crippen LogP contribution in [-0.4, -0.2) is 28.2 Å². The number of para-hydroxylation sites is 1. The molecule has 26 aromatic rings. The average Bonchev–Trinajstić information content (AvgIpc) is 1.75. The first-order chi connectivity index (χ1) is 63.8. The maximum absolute atomic E-state index is 14.6. The molecule has 0 unspecified atom stereocenters. The molecule has 0 saturated heterocycles. The van der Waals surface area contributed by atoms with Crippen molar-refractivity contribution in [2.75, 3.05) is 0 Å². The Balaban J connectivity index is 0.000000108. The predicted molar refractivity (Wildman–Crippen MR) is 535 cm³/mol. The lowest BCUT2D eigenvalue weighted by atomic mass is 9.86. The number of hydrogen-bond acceptors (Lipinski definition) is 6. The number of rotatable bonds is 11. The fraction of sp³-hybridized carbons (Fsp3) is 0. The first-order valence-electron chi connectivity index (χ1n) is 43.5. The number of benzene rings is 20. The van der Waals surface area contributed by atoms with Crippen molar-refractivity contribution in [1.82, 2.24) is 28.2 Å². The van der Waals surface area contributed by atoms with Gasteiger partial charge in [-0.25, -0.2) is 15.0 Å². The highest BCUT2D eigenvalue weighted by Crippen LogP contribution is 2.50. The summed E-state index contributed by atoms with van der Waals surface area (Å²) in [6, 6.07) is 154. The summed E-state index contributed by atoms with van der Waals surface area (Å²) in [4.78, 5) is 59.4. The largest absolute Gasteiger partial charge is 0.268 e. The van der Waals surface area contributed by atoms with E-state index in [2.05, 4.69) is 322 Å². The van der Waals surface area contributed by atoms with Gasteiger partial charge in [0.2, 0.25) is 0 Å². The molecule has 0 saturated carbocycles. The Bertz CT molecular complexity index is 8730. The van der Waals surface area contributed by atoms with E-state index in [1.165, 1.54) is 0 Å². The maximum atomic E-state index is 14.6. The monoisotopic (exact) mass is 1650 g/mol. The maximum Gasteiger partial charge on any atom is 0.264 e. The second kappa shape index (κ2) is 31.1. The van der Waals surface area contributed by atoms with E-state index in [1.54, 1.807) is 4.40 Å². The van der Waals surface area contributed by atoms with Crippen molar-refractivity contribution in [2.24, 2.45) is 0 Å². The van der Waals surface area contributed by atoms with Crippen molar-refractivity contribution < 1.29 is 0 Å². The topological polar surface area (TPSA) is 103 Å². The molecule has 0 atom stereocenters. The van der Waals surface area contributed by atoms with Gasteiger partial charge in [-0.1, -0.05) is 394 Å². The van der Waals surface area contributed by atoms with Gasteiger partial charge in [-0.05, 0) is 176 Å². The Kier molecular flexibility index (Phi) is 18.2. The number of imidazole rings is 3. The Morgan fingerprint density at radius 1 is 0.155 bits per heavy atom. The van der Waals surface area contributed by atoms with Crippen LogP contribution in [0, 0.1) is 0 Å². The Morgan fingerprint density at radius 3 is 0.814 bits per heavy atom. The molecule has 0 aliphatic rings. The van der Waals surface area contributed by atoms with E-state index < -0.39 is 0 Å². The van der Waals surface area contributed by atoms with Crippen molar-refractivity contribution >= 4 is 115 Å².